The third kappa shape index (κ3) is 3.14. The fourth-order valence-corrected chi connectivity index (χ4v) is 2.73. The van der Waals surface area contributed by atoms with Gasteiger partial charge in [-0.2, -0.15) is 0 Å². The number of unbranched alkanes of at least 4 members (excludes halogenated alkanes) is 2. The highest BCUT2D eigenvalue weighted by Gasteiger charge is 2.25. The maximum Gasteiger partial charge on any atom is 0.0868 e. The van der Waals surface area contributed by atoms with Crippen molar-refractivity contribution >= 4 is 0 Å². The zero-order valence-electron chi connectivity index (χ0n) is 11.8. The van der Waals surface area contributed by atoms with Crippen LogP contribution in [0.4, 0.5) is 0 Å². The molecule has 1 atom stereocenters. The van der Waals surface area contributed by atoms with E-state index in [-0.39, 0.29) is 0 Å². The van der Waals surface area contributed by atoms with E-state index in [4.69, 9.17) is 0 Å². The van der Waals surface area contributed by atoms with Gasteiger partial charge >= 0.3 is 0 Å². The zero-order chi connectivity index (χ0) is 13.0. The summed E-state index contributed by atoms with van der Waals surface area (Å²) in [5.41, 5.74) is 1.87. The normalized spacial score (nSPS) is 19.3. The molecule has 1 heteroatoms. The lowest BCUT2D eigenvalue weighted by Gasteiger charge is -2.29. The monoisotopic (exact) mass is 246 g/mol. The summed E-state index contributed by atoms with van der Waals surface area (Å²) < 4.78 is 0. The molecule has 100 valence electrons. The van der Waals surface area contributed by atoms with Gasteiger partial charge in [-0.1, -0.05) is 56.9 Å². The first kappa shape index (κ1) is 13.6. The molecule has 1 unspecified atom stereocenters. The molecule has 0 aliphatic heterocycles. The molecule has 1 aliphatic rings. The van der Waals surface area contributed by atoms with Crippen LogP contribution in [-0.2, 0) is 5.60 Å². The van der Waals surface area contributed by atoms with Crippen molar-refractivity contribution in [2.75, 3.05) is 0 Å². The van der Waals surface area contributed by atoms with E-state index in [0.29, 0.717) is 0 Å². The molecule has 0 aromatic heterocycles. The van der Waals surface area contributed by atoms with E-state index in [1.165, 1.54) is 37.7 Å². The van der Waals surface area contributed by atoms with Gasteiger partial charge in [0.1, 0.15) is 0 Å². The molecule has 1 saturated carbocycles. The minimum Gasteiger partial charge on any atom is -0.385 e. The van der Waals surface area contributed by atoms with Crippen LogP contribution in [0.25, 0.3) is 0 Å². The molecule has 1 aromatic rings. The highest BCUT2D eigenvalue weighted by Crippen LogP contribution is 2.38. The Labute approximate surface area is 111 Å². The standard InChI is InChI=1S/C17H26O/c1-3-4-5-12-17(2,18)16-11-7-10-15(13-16)14-8-6-9-14/h7,10-11,13-14,18H,3-6,8-9,12H2,1-2H3. The van der Waals surface area contributed by atoms with E-state index < -0.39 is 5.60 Å². The molecule has 0 amide bonds. The van der Waals surface area contributed by atoms with Crippen LogP contribution in [0.15, 0.2) is 24.3 Å². The predicted molar refractivity (Wildman–Crippen MR) is 76.7 cm³/mol. The largest absolute Gasteiger partial charge is 0.385 e. The molecule has 1 fully saturated rings. The van der Waals surface area contributed by atoms with Gasteiger partial charge in [-0.3, -0.25) is 0 Å². The lowest BCUT2D eigenvalue weighted by molar-refractivity contribution is 0.0448. The van der Waals surface area contributed by atoms with E-state index in [1.54, 1.807) is 0 Å². The summed E-state index contributed by atoms with van der Waals surface area (Å²) in [5, 5.41) is 10.6. The average molecular weight is 246 g/mol. The third-order valence-electron chi connectivity index (χ3n) is 4.35. The van der Waals surface area contributed by atoms with Crippen molar-refractivity contribution in [3.05, 3.63) is 35.4 Å². The molecule has 1 nitrogen and oxygen atoms in total. The van der Waals surface area contributed by atoms with Crippen LogP contribution < -0.4 is 0 Å². The summed E-state index contributed by atoms with van der Waals surface area (Å²) in [5.74, 6) is 0.747. The van der Waals surface area contributed by atoms with E-state index >= 15 is 0 Å². The first-order valence-corrected chi connectivity index (χ1v) is 7.46. The Morgan fingerprint density at radius 2 is 2.06 bits per heavy atom. The summed E-state index contributed by atoms with van der Waals surface area (Å²) >= 11 is 0. The Morgan fingerprint density at radius 3 is 2.67 bits per heavy atom. The first-order valence-electron chi connectivity index (χ1n) is 7.46. The molecule has 0 saturated heterocycles. The Hall–Kier alpha value is -0.820. The fraction of sp³-hybridized carbons (Fsp3) is 0.647. The maximum atomic E-state index is 10.6. The Bertz CT molecular complexity index is 377. The summed E-state index contributed by atoms with van der Waals surface area (Å²) in [7, 11) is 0. The first-order chi connectivity index (χ1) is 8.63. The maximum absolute atomic E-state index is 10.6. The molecule has 0 heterocycles. The third-order valence-corrected chi connectivity index (χ3v) is 4.35. The minimum absolute atomic E-state index is 0.658. The lowest BCUT2D eigenvalue weighted by Crippen LogP contribution is -2.21. The van der Waals surface area contributed by atoms with Crippen molar-refractivity contribution in [2.24, 2.45) is 0 Å². The fourth-order valence-electron chi connectivity index (χ4n) is 2.73. The van der Waals surface area contributed by atoms with E-state index in [9.17, 15) is 5.11 Å². The van der Waals surface area contributed by atoms with Crippen molar-refractivity contribution < 1.29 is 5.11 Å². The Morgan fingerprint density at radius 1 is 1.28 bits per heavy atom. The van der Waals surface area contributed by atoms with Crippen LogP contribution in [0.5, 0.6) is 0 Å². The van der Waals surface area contributed by atoms with Crippen molar-refractivity contribution in [1.29, 1.82) is 0 Å². The number of rotatable bonds is 6. The average Bonchev–Trinajstić information content (AvgIpc) is 2.27. The quantitative estimate of drug-likeness (QED) is 0.719. The molecule has 0 bridgehead atoms. The predicted octanol–water partition coefficient (Wildman–Crippen LogP) is 4.74. The SMILES string of the molecule is CCCCCC(C)(O)c1cccc(C2CCC2)c1. The topological polar surface area (TPSA) is 20.2 Å². The van der Waals surface area contributed by atoms with Gasteiger partial charge in [0.15, 0.2) is 0 Å². The second-order valence-corrected chi connectivity index (χ2v) is 5.98. The van der Waals surface area contributed by atoms with Crippen LogP contribution in [-0.4, -0.2) is 5.11 Å². The molecule has 1 aliphatic carbocycles. The summed E-state index contributed by atoms with van der Waals surface area (Å²) in [4.78, 5) is 0. The number of aliphatic hydroxyl groups is 1. The van der Waals surface area contributed by atoms with Crippen molar-refractivity contribution in [3.8, 4) is 0 Å². The molecule has 0 spiro atoms. The highest BCUT2D eigenvalue weighted by atomic mass is 16.3. The number of hydrogen-bond acceptors (Lipinski definition) is 1. The number of benzene rings is 1. The van der Waals surface area contributed by atoms with Gasteiger partial charge in [0.05, 0.1) is 5.60 Å². The van der Waals surface area contributed by atoms with E-state index in [1.807, 2.05) is 6.92 Å². The van der Waals surface area contributed by atoms with Gasteiger partial charge < -0.3 is 5.11 Å². The number of hydrogen-bond donors (Lipinski definition) is 1. The second kappa shape index (κ2) is 5.88. The van der Waals surface area contributed by atoms with Crippen molar-refractivity contribution in [2.45, 2.75) is 70.3 Å². The Kier molecular flexibility index (Phi) is 4.45. The van der Waals surface area contributed by atoms with E-state index in [2.05, 4.69) is 31.2 Å². The summed E-state index contributed by atoms with van der Waals surface area (Å²) in [6, 6.07) is 8.64. The minimum atomic E-state index is -0.658. The van der Waals surface area contributed by atoms with Gasteiger partial charge in [0, 0.05) is 0 Å². The van der Waals surface area contributed by atoms with E-state index in [0.717, 1.165) is 24.3 Å². The van der Waals surface area contributed by atoms with Gasteiger partial charge in [-0.05, 0) is 43.2 Å². The second-order valence-electron chi connectivity index (χ2n) is 5.98. The van der Waals surface area contributed by atoms with Crippen molar-refractivity contribution in [3.63, 3.8) is 0 Å². The van der Waals surface area contributed by atoms with Crippen LogP contribution in [0, 0.1) is 0 Å². The zero-order valence-corrected chi connectivity index (χ0v) is 11.8. The molecule has 0 radical (unpaired) electrons. The Balaban J connectivity index is 2.06. The summed E-state index contributed by atoms with van der Waals surface area (Å²) in [6.07, 6.45) is 8.40. The smallest absolute Gasteiger partial charge is 0.0868 e. The van der Waals surface area contributed by atoms with Gasteiger partial charge in [-0.25, -0.2) is 0 Å². The molecule has 18 heavy (non-hydrogen) atoms. The van der Waals surface area contributed by atoms with Gasteiger partial charge in [0.25, 0.3) is 0 Å². The van der Waals surface area contributed by atoms with Crippen LogP contribution >= 0.6 is 0 Å². The molecule has 1 aromatic carbocycles. The lowest BCUT2D eigenvalue weighted by atomic mass is 9.78. The molecular weight excluding hydrogens is 220 g/mol. The van der Waals surface area contributed by atoms with Crippen molar-refractivity contribution in [1.82, 2.24) is 0 Å². The molecular formula is C17H26O. The molecule has 2 rings (SSSR count). The van der Waals surface area contributed by atoms with Gasteiger partial charge in [0.2, 0.25) is 0 Å². The van der Waals surface area contributed by atoms with Crippen LogP contribution in [0.2, 0.25) is 0 Å². The highest BCUT2D eigenvalue weighted by molar-refractivity contribution is 5.31. The molecule has 1 N–H and O–H groups in total. The van der Waals surface area contributed by atoms with Crippen LogP contribution in [0.3, 0.4) is 0 Å². The summed E-state index contributed by atoms with van der Waals surface area (Å²) in [6.45, 7) is 4.16. The van der Waals surface area contributed by atoms with Crippen LogP contribution in [0.1, 0.15) is 75.8 Å². The van der Waals surface area contributed by atoms with Gasteiger partial charge in [-0.15, -0.1) is 0 Å².